The molecular formula is C16H17F2N. The number of alkyl halides is 2. The van der Waals surface area contributed by atoms with E-state index in [2.05, 4.69) is 5.32 Å². The summed E-state index contributed by atoms with van der Waals surface area (Å²) in [5, 5.41) is 5.01. The number of hydrogen-bond acceptors (Lipinski definition) is 1. The Labute approximate surface area is 111 Å². The van der Waals surface area contributed by atoms with Crippen LogP contribution in [0.15, 0.2) is 42.5 Å². The van der Waals surface area contributed by atoms with E-state index in [0.29, 0.717) is 0 Å². The maximum atomic E-state index is 14.3. The molecule has 0 aliphatic carbocycles. The Bertz CT molecular complexity index is 574. The number of fused-ring (bicyclic) bond motifs is 1. The second kappa shape index (κ2) is 4.89. The van der Waals surface area contributed by atoms with Gasteiger partial charge < -0.3 is 5.32 Å². The lowest BCUT2D eigenvalue weighted by Gasteiger charge is -2.21. The molecule has 2 aromatic rings. The smallest absolute Gasteiger partial charge is 0.274 e. The third-order valence-electron chi connectivity index (χ3n) is 3.84. The van der Waals surface area contributed by atoms with Gasteiger partial charge in [0, 0.05) is 18.0 Å². The lowest BCUT2D eigenvalue weighted by atomic mass is 9.97. The third-order valence-corrected chi connectivity index (χ3v) is 3.84. The molecule has 3 heteroatoms. The molecule has 0 radical (unpaired) electrons. The lowest BCUT2D eigenvalue weighted by molar-refractivity contribution is -0.0212. The highest BCUT2D eigenvalue weighted by molar-refractivity contribution is 5.83. The van der Waals surface area contributed by atoms with Crippen LogP contribution in [-0.4, -0.2) is 12.6 Å². The fourth-order valence-electron chi connectivity index (χ4n) is 2.78. The van der Waals surface area contributed by atoms with Crippen LogP contribution in [0.5, 0.6) is 0 Å². The van der Waals surface area contributed by atoms with Crippen molar-refractivity contribution in [2.45, 2.75) is 31.2 Å². The first-order valence-electron chi connectivity index (χ1n) is 6.76. The molecule has 1 unspecified atom stereocenters. The monoisotopic (exact) mass is 261 g/mol. The highest BCUT2D eigenvalue weighted by atomic mass is 19.3. The average Bonchev–Trinajstić information content (AvgIpc) is 2.90. The van der Waals surface area contributed by atoms with Crippen molar-refractivity contribution in [3.63, 3.8) is 0 Å². The molecule has 3 rings (SSSR count). The number of rotatable bonds is 3. The molecule has 1 atom stereocenters. The van der Waals surface area contributed by atoms with Gasteiger partial charge >= 0.3 is 0 Å². The van der Waals surface area contributed by atoms with E-state index in [0.717, 1.165) is 30.2 Å². The van der Waals surface area contributed by atoms with E-state index in [1.165, 1.54) is 0 Å². The molecule has 1 heterocycles. The Morgan fingerprint density at radius 2 is 1.89 bits per heavy atom. The SMILES string of the molecule is FC(F)(CC1CCCN1)c1ccc2ccccc2c1. The van der Waals surface area contributed by atoms with Crippen molar-refractivity contribution in [1.29, 1.82) is 0 Å². The molecule has 1 fully saturated rings. The van der Waals surface area contributed by atoms with E-state index in [-0.39, 0.29) is 18.0 Å². The quantitative estimate of drug-likeness (QED) is 0.878. The Morgan fingerprint density at radius 3 is 2.63 bits per heavy atom. The molecule has 0 aromatic heterocycles. The zero-order valence-corrected chi connectivity index (χ0v) is 10.7. The maximum Gasteiger partial charge on any atom is 0.274 e. The summed E-state index contributed by atoms with van der Waals surface area (Å²) in [5.41, 5.74) is 0.125. The Balaban J connectivity index is 1.88. The van der Waals surface area contributed by atoms with Gasteiger partial charge in [0.2, 0.25) is 0 Å². The molecule has 1 aliphatic heterocycles. The van der Waals surface area contributed by atoms with Gasteiger partial charge in [0.05, 0.1) is 0 Å². The van der Waals surface area contributed by atoms with Gasteiger partial charge in [0.25, 0.3) is 5.92 Å². The summed E-state index contributed by atoms with van der Waals surface area (Å²) < 4.78 is 28.6. The standard InChI is InChI=1S/C16H17F2N/c17-16(18,11-15-6-3-9-19-15)14-8-7-12-4-1-2-5-13(12)10-14/h1-2,4-5,7-8,10,15,19H,3,6,9,11H2. The van der Waals surface area contributed by atoms with Crippen LogP contribution in [0, 0.1) is 0 Å². The summed E-state index contributed by atoms with van der Waals surface area (Å²) in [6.07, 6.45) is 1.74. The molecule has 2 aromatic carbocycles. The Morgan fingerprint density at radius 1 is 1.11 bits per heavy atom. The minimum absolute atomic E-state index is 0.0542. The van der Waals surface area contributed by atoms with E-state index < -0.39 is 5.92 Å². The summed E-state index contributed by atoms with van der Waals surface area (Å²) in [7, 11) is 0. The predicted molar refractivity (Wildman–Crippen MR) is 73.5 cm³/mol. The third kappa shape index (κ3) is 2.61. The van der Waals surface area contributed by atoms with Gasteiger partial charge in [0.15, 0.2) is 0 Å². The molecule has 100 valence electrons. The summed E-state index contributed by atoms with van der Waals surface area (Å²) in [5.74, 6) is -2.76. The van der Waals surface area contributed by atoms with Crippen LogP contribution in [0.3, 0.4) is 0 Å². The van der Waals surface area contributed by atoms with Gasteiger partial charge in [-0.25, -0.2) is 8.78 Å². The van der Waals surface area contributed by atoms with Crippen LogP contribution in [0.1, 0.15) is 24.8 Å². The first-order chi connectivity index (χ1) is 9.15. The highest BCUT2D eigenvalue weighted by Gasteiger charge is 2.35. The maximum absolute atomic E-state index is 14.3. The van der Waals surface area contributed by atoms with Crippen molar-refractivity contribution in [2.75, 3.05) is 6.54 Å². The summed E-state index contributed by atoms with van der Waals surface area (Å²) >= 11 is 0. The molecule has 19 heavy (non-hydrogen) atoms. The fraction of sp³-hybridized carbons (Fsp3) is 0.375. The van der Waals surface area contributed by atoms with Crippen molar-refractivity contribution in [3.05, 3.63) is 48.0 Å². The van der Waals surface area contributed by atoms with E-state index in [1.54, 1.807) is 18.2 Å². The normalized spacial score (nSPS) is 20.0. The number of halogens is 2. The average molecular weight is 261 g/mol. The summed E-state index contributed by atoms with van der Waals surface area (Å²) in [4.78, 5) is 0. The molecule has 0 spiro atoms. The van der Waals surface area contributed by atoms with E-state index in [1.807, 2.05) is 24.3 Å². The van der Waals surface area contributed by atoms with Crippen molar-refractivity contribution in [1.82, 2.24) is 5.32 Å². The van der Waals surface area contributed by atoms with E-state index in [4.69, 9.17) is 0 Å². The zero-order valence-electron chi connectivity index (χ0n) is 10.7. The minimum Gasteiger partial charge on any atom is -0.314 e. The number of nitrogens with one attached hydrogen (secondary N) is 1. The summed E-state index contributed by atoms with van der Waals surface area (Å²) in [6, 6.07) is 12.5. The van der Waals surface area contributed by atoms with Crippen LogP contribution in [0.25, 0.3) is 10.8 Å². The second-order valence-corrected chi connectivity index (χ2v) is 5.26. The minimum atomic E-state index is -2.76. The molecule has 1 N–H and O–H groups in total. The predicted octanol–water partition coefficient (Wildman–Crippen LogP) is 4.07. The van der Waals surface area contributed by atoms with E-state index >= 15 is 0 Å². The van der Waals surface area contributed by atoms with Crippen LogP contribution >= 0.6 is 0 Å². The molecule has 1 aliphatic rings. The van der Waals surface area contributed by atoms with Crippen LogP contribution in [0.2, 0.25) is 0 Å². The van der Waals surface area contributed by atoms with Crippen molar-refractivity contribution in [2.24, 2.45) is 0 Å². The Hall–Kier alpha value is -1.48. The molecule has 0 bridgehead atoms. The largest absolute Gasteiger partial charge is 0.314 e. The van der Waals surface area contributed by atoms with Gasteiger partial charge in [-0.05, 0) is 36.2 Å². The van der Waals surface area contributed by atoms with Gasteiger partial charge in [-0.15, -0.1) is 0 Å². The van der Waals surface area contributed by atoms with Crippen LogP contribution in [-0.2, 0) is 5.92 Å². The van der Waals surface area contributed by atoms with Crippen molar-refractivity contribution >= 4 is 10.8 Å². The second-order valence-electron chi connectivity index (χ2n) is 5.26. The first-order valence-corrected chi connectivity index (χ1v) is 6.76. The number of benzene rings is 2. The topological polar surface area (TPSA) is 12.0 Å². The summed E-state index contributed by atoms with van der Waals surface area (Å²) in [6.45, 7) is 0.860. The van der Waals surface area contributed by atoms with E-state index in [9.17, 15) is 8.78 Å². The van der Waals surface area contributed by atoms with Gasteiger partial charge in [-0.2, -0.15) is 0 Å². The molecular weight excluding hydrogens is 244 g/mol. The zero-order chi connectivity index (χ0) is 13.3. The number of hydrogen-bond donors (Lipinski definition) is 1. The Kier molecular flexibility index (Phi) is 3.23. The molecule has 1 saturated heterocycles. The van der Waals surface area contributed by atoms with Gasteiger partial charge in [0.1, 0.15) is 0 Å². The lowest BCUT2D eigenvalue weighted by Crippen LogP contribution is -2.29. The van der Waals surface area contributed by atoms with Crippen molar-refractivity contribution < 1.29 is 8.78 Å². The molecule has 0 saturated carbocycles. The first kappa shape index (κ1) is 12.5. The molecule has 1 nitrogen and oxygen atoms in total. The molecule has 0 amide bonds. The highest BCUT2D eigenvalue weighted by Crippen LogP contribution is 2.35. The van der Waals surface area contributed by atoms with Crippen LogP contribution < -0.4 is 5.32 Å². The fourth-order valence-corrected chi connectivity index (χ4v) is 2.78. The van der Waals surface area contributed by atoms with Crippen molar-refractivity contribution in [3.8, 4) is 0 Å². The van der Waals surface area contributed by atoms with Gasteiger partial charge in [-0.3, -0.25) is 0 Å². The van der Waals surface area contributed by atoms with Crippen LogP contribution in [0.4, 0.5) is 8.78 Å². The van der Waals surface area contributed by atoms with Gasteiger partial charge in [-0.1, -0.05) is 36.4 Å².